The molecule has 2 heteroatoms. The molecule has 0 spiro atoms. The van der Waals surface area contributed by atoms with Crippen molar-refractivity contribution in [2.45, 2.75) is 46.8 Å². The number of hydrogen-bond donors (Lipinski definition) is 1. The summed E-state index contributed by atoms with van der Waals surface area (Å²) in [5.41, 5.74) is 3.11. The molecule has 1 rings (SSSR count). The van der Waals surface area contributed by atoms with E-state index in [0.29, 0.717) is 0 Å². The topological polar surface area (TPSA) is 29.5 Å². The molecule has 1 unspecified atom stereocenters. The minimum atomic E-state index is -0.489. The van der Waals surface area contributed by atoms with Gasteiger partial charge in [0, 0.05) is 5.56 Å². The highest BCUT2D eigenvalue weighted by Crippen LogP contribution is 2.30. The molecule has 0 fully saturated rings. The van der Waals surface area contributed by atoms with Crippen LogP contribution in [-0.2, 0) is 0 Å². The first-order chi connectivity index (χ1) is 6.91. The summed E-state index contributed by atoms with van der Waals surface area (Å²) in [7, 11) is 0. The molecule has 0 aliphatic rings. The van der Waals surface area contributed by atoms with E-state index in [1.807, 2.05) is 33.8 Å². The van der Waals surface area contributed by atoms with Crippen molar-refractivity contribution in [2.24, 2.45) is 0 Å². The van der Waals surface area contributed by atoms with Gasteiger partial charge in [-0.05, 0) is 46.2 Å². The fraction of sp³-hybridized carbons (Fsp3) is 0.538. The summed E-state index contributed by atoms with van der Waals surface area (Å²) in [6.45, 7) is 9.78. The fourth-order valence-electron chi connectivity index (χ4n) is 1.69. The molecule has 0 aromatic heterocycles. The van der Waals surface area contributed by atoms with Crippen LogP contribution in [0.3, 0.4) is 0 Å². The Kier molecular flexibility index (Phi) is 3.75. The predicted octanol–water partition coefficient (Wildman–Crippen LogP) is 3.14. The number of ether oxygens (including phenoxy) is 1. The summed E-state index contributed by atoms with van der Waals surface area (Å²) in [6, 6.07) is 4.05. The predicted molar refractivity (Wildman–Crippen MR) is 62.3 cm³/mol. The molecular formula is C13H20O2. The van der Waals surface area contributed by atoms with E-state index in [0.717, 1.165) is 22.4 Å². The number of hydrogen-bond acceptors (Lipinski definition) is 2. The maximum Gasteiger partial charge on any atom is 0.128 e. The highest BCUT2D eigenvalue weighted by Gasteiger charge is 2.13. The highest BCUT2D eigenvalue weighted by molar-refractivity contribution is 5.44. The Hall–Kier alpha value is -1.02. The number of aliphatic hydroxyl groups excluding tert-OH is 1. The van der Waals surface area contributed by atoms with Gasteiger partial charge in [0.1, 0.15) is 5.75 Å². The van der Waals surface area contributed by atoms with Crippen LogP contribution in [0.1, 0.15) is 43.6 Å². The lowest BCUT2D eigenvalue weighted by Gasteiger charge is -2.19. The molecule has 1 aromatic rings. The minimum Gasteiger partial charge on any atom is -0.490 e. The maximum absolute atomic E-state index is 9.69. The van der Waals surface area contributed by atoms with E-state index in [1.165, 1.54) is 0 Å². The van der Waals surface area contributed by atoms with E-state index in [2.05, 4.69) is 6.07 Å². The highest BCUT2D eigenvalue weighted by atomic mass is 16.5. The second-order valence-corrected chi connectivity index (χ2v) is 4.34. The van der Waals surface area contributed by atoms with Gasteiger partial charge in [-0.2, -0.15) is 0 Å². The van der Waals surface area contributed by atoms with Crippen molar-refractivity contribution in [3.8, 4) is 5.75 Å². The van der Waals surface area contributed by atoms with Crippen LogP contribution >= 0.6 is 0 Å². The normalized spacial score (nSPS) is 13.0. The Balaban J connectivity index is 3.21. The Labute approximate surface area is 91.9 Å². The summed E-state index contributed by atoms with van der Waals surface area (Å²) in [5.74, 6) is 0.825. The lowest BCUT2D eigenvalue weighted by atomic mass is 10.0. The van der Waals surface area contributed by atoms with Crippen LogP contribution in [0.4, 0.5) is 0 Å². The Bertz CT molecular complexity index is 341. The third-order valence-corrected chi connectivity index (χ3v) is 2.25. The zero-order valence-electron chi connectivity index (χ0n) is 10.2. The standard InChI is InChI=1S/C13H20O2/c1-8(2)15-13-10(4)6-9(3)7-12(13)11(5)14/h6-8,11,14H,1-5H3. The molecule has 1 atom stereocenters. The number of benzene rings is 1. The molecule has 84 valence electrons. The SMILES string of the molecule is Cc1cc(C)c(OC(C)C)c(C(C)O)c1. The smallest absolute Gasteiger partial charge is 0.128 e. The van der Waals surface area contributed by atoms with Gasteiger partial charge in [0.15, 0.2) is 0 Å². The Morgan fingerprint density at radius 1 is 1.13 bits per heavy atom. The summed E-state index contributed by atoms with van der Waals surface area (Å²) < 4.78 is 5.73. The van der Waals surface area contributed by atoms with E-state index >= 15 is 0 Å². The molecule has 0 radical (unpaired) electrons. The molecule has 0 saturated carbocycles. The lowest BCUT2D eigenvalue weighted by molar-refractivity contribution is 0.182. The molecule has 1 aromatic carbocycles. The number of rotatable bonds is 3. The maximum atomic E-state index is 9.69. The molecule has 0 aliphatic carbocycles. The van der Waals surface area contributed by atoms with Crippen molar-refractivity contribution in [1.29, 1.82) is 0 Å². The van der Waals surface area contributed by atoms with Crippen LogP contribution in [0.5, 0.6) is 5.75 Å². The molecule has 2 nitrogen and oxygen atoms in total. The van der Waals surface area contributed by atoms with Gasteiger partial charge >= 0.3 is 0 Å². The molecule has 0 bridgehead atoms. The van der Waals surface area contributed by atoms with Gasteiger partial charge in [0.2, 0.25) is 0 Å². The van der Waals surface area contributed by atoms with Gasteiger partial charge < -0.3 is 9.84 Å². The van der Waals surface area contributed by atoms with E-state index in [9.17, 15) is 5.11 Å². The molecule has 0 aliphatic heterocycles. The number of aliphatic hydroxyl groups is 1. The van der Waals surface area contributed by atoms with Crippen LogP contribution in [0.2, 0.25) is 0 Å². The first kappa shape index (κ1) is 12.1. The third kappa shape index (κ3) is 2.96. The van der Waals surface area contributed by atoms with Crippen LogP contribution in [-0.4, -0.2) is 11.2 Å². The molecule has 0 amide bonds. The summed E-state index contributed by atoms with van der Waals surface area (Å²) in [6.07, 6.45) is -0.360. The third-order valence-electron chi connectivity index (χ3n) is 2.25. The second kappa shape index (κ2) is 4.67. The van der Waals surface area contributed by atoms with Crippen molar-refractivity contribution in [2.75, 3.05) is 0 Å². The van der Waals surface area contributed by atoms with E-state index in [4.69, 9.17) is 4.74 Å². The molecule has 15 heavy (non-hydrogen) atoms. The van der Waals surface area contributed by atoms with Crippen molar-refractivity contribution < 1.29 is 9.84 Å². The monoisotopic (exact) mass is 208 g/mol. The first-order valence-corrected chi connectivity index (χ1v) is 5.37. The summed E-state index contributed by atoms with van der Waals surface area (Å²) in [4.78, 5) is 0. The van der Waals surface area contributed by atoms with E-state index in [1.54, 1.807) is 6.92 Å². The Morgan fingerprint density at radius 2 is 1.73 bits per heavy atom. The van der Waals surface area contributed by atoms with Crippen LogP contribution in [0, 0.1) is 13.8 Å². The first-order valence-electron chi connectivity index (χ1n) is 5.37. The zero-order valence-corrected chi connectivity index (χ0v) is 10.2. The van der Waals surface area contributed by atoms with Crippen molar-refractivity contribution in [3.63, 3.8) is 0 Å². The van der Waals surface area contributed by atoms with Crippen molar-refractivity contribution >= 4 is 0 Å². The van der Waals surface area contributed by atoms with Gasteiger partial charge in [-0.3, -0.25) is 0 Å². The molecule has 0 saturated heterocycles. The van der Waals surface area contributed by atoms with E-state index in [-0.39, 0.29) is 6.10 Å². The average Bonchev–Trinajstić information content (AvgIpc) is 2.08. The summed E-state index contributed by atoms with van der Waals surface area (Å²) in [5, 5.41) is 9.69. The zero-order chi connectivity index (χ0) is 11.6. The van der Waals surface area contributed by atoms with Crippen LogP contribution < -0.4 is 4.74 Å². The largest absolute Gasteiger partial charge is 0.490 e. The molecule has 0 heterocycles. The van der Waals surface area contributed by atoms with Gasteiger partial charge in [-0.25, -0.2) is 0 Å². The molecule has 1 N–H and O–H groups in total. The van der Waals surface area contributed by atoms with Crippen molar-refractivity contribution in [3.05, 3.63) is 28.8 Å². The summed E-state index contributed by atoms with van der Waals surface area (Å²) >= 11 is 0. The van der Waals surface area contributed by atoms with Crippen molar-refractivity contribution in [1.82, 2.24) is 0 Å². The minimum absolute atomic E-state index is 0.129. The fourth-order valence-corrected chi connectivity index (χ4v) is 1.69. The lowest BCUT2D eigenvalue weighted by Crippen LogP contribution is -2.10. The van der Waals surface area contributed by atoms with Crippen LogP contribution in [0.15, 0.2) is 12.1 Å². The molecular weight excluding hydrogens is 188 g/mol. The number of aryl methyl sites for hydroxylation is 2. The quantitative estimate of drug-likeness (QED) is 0.826. The van der Waals surface area contributed by atoms with Crippen LogP contribution in [0.25, 0.3) is 0 Å². The van der Waals surface area contributed by atoms with Gasteiger partial charge in [-0.15, -0.1) is 0 Å². The Morgan fingerprint density at radius 3 is 2.20 bits per heavy atom. The van der Waals surface area contributed by atoms with E-state index < -0.39 is 6.10 Å². The van der Waals surface area contributed by atoms with Gasteiger partial charge in [-0.1, -0.05) is 11.6 Å². The average molecular weight is 208 g/mol. The van der Waals surface area contributed by atoms with Gasteiger partial charge in [0.25, 0.3) is 0 Å². The van der Waals surface area contributed by atoms with Gasteiger partial charge in [0.05, 0.1) is 12.2 Å². The second-order valence-electron chi connectivity index (χ2n) is 4.34.